The van der Waals surface area contributed by atoms with E-state index in [9.17, 15) is 14.7 Å². The van der Waals surface area contributed by atoms with Gasteiger partial charge in [0.1, 0.15) is 6.04 Å². The van der Waals surface area contributed by atoms with Gasteiger partial charge in [0.2, 0.25) is 5.91 Å². The fourth-order valence-electron chi connectivity index (χ4n) is 3.52. The fourth-order valence-corrected chi connectivity index (χ4v) is 3.52. The lowest BCUT2D eigenvalue weighted by Gasteiger charge is -2.37. The van der Waals surface area contributed by atoms with Crippen LogP contribution in [0.15, 0.2) is 30.3 Å². The molecule has 3 rings (SSSR count). The lowest BCUT2D eigenvalue weighted by molar-refractivity contribution is -0.143. The van der Waals surface area contributed by atoms with Crippen LogP contribution in [0.25, 0.3) is 0 Å². The third kappa shape index (κ3) is 5.05. The van der Waals surface area contributed by atoms with Crippen LogP contribution in [0.4, 0.5) is 0 Å². The molecule has 0 aromatic heterocycles. The monoisotopic (exact) mass is 360 g/mol. The molecule has 26 heavy (non-hydrogen) atoms. The second kappa shape index (κ2) is 9.14. The van der Waals surface area contributed by atoms with Gasteiger partial charge in [-0.15, -0.1) is 0 Å². The van der Waals surface area contributed by atoms with E-state index in [0.29, 0.717) is 19.7 Å². The van der Waals surface area contributed by atoms with Crippen LogP contribution in [0.1, 0.15) is 37.7 Å². The molecule has 2 N–H and O–H groups in total. The number of aliphatic carboxylic acids is 1. The number of hydrogen-bond acceptors (Lipinski definition) is 4. The number of carbonyl (C=O) groups is 2. The van der Waals surface area contributed by atoms with Crippen molar-refractivity contribution in [3.8, 4) is 0 Å². The van der Waals surface area contributed by atoms with Crippen molar-refractivity contribution in [2.24, 2.45) is 5.92 Å². The Morgan fingerprint density at radius 1 is 1.15 bits per heavy atom. The molecule has 6 heteroatoms. The van der Waals surface area contributed by atoms with Crippen molar-refractivity contribution in [2.45, 2.75) is 50.8 Å². The highest BCUT2D eigenvalue weighted by atomic mass is 16.5. The Labute approximate surface area is 154 Å². The van der Waals surface area contributed by atoms with E-state index in [4.69, 9.17) is 4.74 Å². The number of amides is 1. The Morgan fingerprint density at radius 2 is 1.85 bits per heavy atom. The third-order valence-corrected chi connectivity index (χ3v) is 5.39. The summed E-state index contributed by atoms with van der Waals surface area (Å²) >= 11 is 0. The average molecular weight is 360 g/mol. The molecule has 1 aromatic rings. The molecule has 142 valence electrons. The molecule has 0 spiro atoms. The highest BCUT2D eigenvalue weighted by molar-refractivity contribution is 5.79. The van der Waals surface area contributed by atoms with Crippen LogP contribution in [0, 0.1) is 5.92 Å². The van der Waals surface area contributed by atoms with E-state index in [-0.39, 0.29) is 24.5 Å². The number of benzene rings is 1. The number of nitrogens with one attached hydrogen (secondary N) is 1. The van der Waals surface area contributed by atoms with Crippen LogP contribution in [-0.2, 0) is 20.9 Å². The Bertz CT molecular complexity index is 595. The number of carboxylic acids is 1. The van der Waals surface area contributed by atoms with Crippen molar-refractivity contribution in [1.29, 1.82) is 0 Å². The number of carbonyl (C=O) groups excluding carboxylic acids is 1. The van der Waals surface area contributed by atoms with Gasteiger partial charge in [0.15, 0.2) is 0 Å². The van der Waals surface area contributed by atoms with Gasteiger partial charge in [-0.2, -0.15) is 0 Å². The summed E-state index contributed by atoms with van der Waals surface area (Å²) in [5.41, 5.74) is 1.03. The molecule has 0 radical (unpaired) electrons. The topological polar surface area (TPSA) is 78.9 Å². The molecule has 0 bridgehead atoms. The summed E-state index contributed by atoms with van der Waals surface area (Å²) in [4.78, 5) is 25.7. The van der Waals surface area contributed by atoms with Gasteiger partial charge in [0.25, 0.3) is 0 Å². The predicted molar refractivity (Wildman–Crippen MR) is 97.6 cm³/mol. The average Bonchev–Trinajstić information content (AvgIpc) is 2.60. The number of piperidine rings is 1. The minimum absolute atomic E-state index is 0.113. The highest BCUT2D eigenvalue weighted by Gasteiger charge is 2.32. The molecule has 2 aliphatic rings. The maximum Gasteiger partial charge on any atom is 0.323 e. The van der Waals surface area contributed by atoms with E-state index in [1.54, 1.807) is 0 Å². The van der Waals surface area contributed by atoms with Crippen LogP contribution in [0.3, 0.4) is 0 Å². The Hall–Kier alpha value is -1.92. The van der Waals surface area contributed by atoms with Gasteiger partial charge < -0.3 is 14.7 Å². The summed E-state index contributed by atoms with van der Waals surface area (Å²) < 4.78 is 5.59. The van der Waals surface area contributed by atoms with E-state index < -0.39 is 12.0 Å². The highest BCUT2D eigenvalue weighted by Crippen LogP contribution is 2.29. The van der Waals surface area contributed by atoms with Crippen molar-refractivity contribution in [3.63, 3.8) is 0 Å². The van der Waals surface area contributed by atoms with Gasteiger partial charge in [-0.25, -0.2) is 0 Å². The van der Waals surface area contributed by atoms with Crippen LogP contribution in [0.5, 0.6) is 0 Å². The lowest BCUT2D eigenvalue weighted by atomic mass is 9.84. The van der Waals surface area contributed by atoms with E-state index in [2.05, 4.69) is 5.32 Å². The van der Waals surface area contributed by atoms with E-state index in [1.165, 1.54) is 0 Å². The zero-order valence-corrected chi connectivity index (χ0v) is 15.1. The van der Waals surface area contributed by atoms with Crippen molar-refractivity contribution in [3.05, 3.63) is 35.9 Å². The smallest absolute Gasteiger partial charge is 0.323 e. The number of ether oxygens (including phenoxy) is 1. The maximum atomic E-state index is 12.3. The zero-order valence-electron chi connectivity index (χ0n) is 15.1. The number of carboxylic acid groups (broad SMARTS) is 1. The summed E-state index contributed by atoms with van der Waals surface area (Å²) in [6.07, 6.45) is 4.80. The van der Waals surface area contributed by atoms with Crippen molar-refractivity contribution in [2.75, 3.05) is 19.7 Å². The summed E-state index contributed by atoms with van der Waals surface area (Å²) in [6.45, 7) is 1.96. The molecule has 1 aliphatic carbocycles. The molecule has 6 nitrogen and oxygen atoms in total. The van der Waals surface area contributed by atoms with Gasteiger partial charge in [-0.3, -0.25) is 14.9 Å². The second-order valence-corrected chi connectivity index (χ2v) is 7.29. The fraction of sp³-hybridized carbons (Fsp3) is 0.600. The second-order valence-electron chi connectivity index (χ2n) is 7.29. The lowest BCUT2D eigenvalue weighted by Crippen LogP contribution is -2.52. The molecule has 0 unspecified atom stereocenters. The van der Waals surface area contributed by atoms with Gasteiger partial charge in [-0.05, 0) is 31.2 Å². The van der Waals surface area contributed by atoms with Gasteiger partial charge in [0, 0.05) is 25.0 Å². The van der Waals surface area contributed by atoms with Crippen LogP contribution >= 0.6 is 0 Å². The molecule has 1 amide bonds. The first kappa shape index (κ1) is 18.9. The summed E-state index contributed by atoms with van der Waals surface area (Å²) in [6, 6.07) is 9.11. The molecule has 1 saturated heterocycles. The Morgan fingerprint density at radius 3 is 2.42 bits per heavy atom. The SMILES string of the molecule is O=C(O)[C@H](COCc1ccccc1)NC1CCN(C(=O)C2CCC2)CC1. The molecule has 1 atom stereocenters. The minimum atomic E-state index is -0.897. The Kier molecular flexibility index (Phi) is 6.63. The molecular weight excluding hydrogens is 332 g/mol. The normalized spacial score (nSPS) is 19.8. The predicted octanol–water partition coefficient (Wildman–Crippen LogP) is 2.04. The van der Waals surface area contributed by atoms with Gasteiger partial charge in [0.05, 0.1) is 13.2 Å². The molecule has 1 saturated carbocycles. The third-order valence-electron chi connectivity index (χ3n) is 5.39. The Balaban J connectivity index is 1.40. The van der Waals surface area contributed by atoms with Crippen molar-refractivity contribution < 1.29 is 19.4 Å². The number of hydrogen-bond donors (Lipinski definition) is 2. The van der Waals surface area contributed by atoms with E-state index in [1.807, 2.05) is 35.2 Å². The first-order valence-corrected chi connectivity index (χ1v) is 9.53. The summed E-state index contributed by atoms with van der Waals surface area (Å²) in [5, 5.41) is 12.6. The quantitative estimate of drug-likeness (QED) is 0.742. The molecule has 1 heterocycles. The van der Waals surface area contributed by atoms with Gasteiger partial charge in [-0.1, -0.05) is 36.8 Å². The van der Waals surface area contributed by atoms with E-state index in [0.717, 1.165) is 37.7 Å². The van der Waals surface area contributed by atoms with Crippen LogP contribution in [-0.4, -0.2) is 53.7 Å². The van der Waals surface area contributed by atoms with Crippen LogP contribution in [0.2, 0.25) is 0 Å². The molecule has 1 aliphatic heterocycles. The zero-order chi connectivity index (χ0) is 18.4. The number of likely N-dealkylation sites (tertiary alicyclic amines) is 1. The summed E-state index contributed by atoms with van der Waals surface area (Å²) in [7, 11) is 0. The van der Waals surface area contributed by atoms with Crippen LogP contribution < -0.4 is 5.32 Å². The maximum absolute atomic E-state index is 12.3. The standard InChI is InChI=1S/C20H28N2O4/c23-19(16-7-4-8-16)22-11-9-17(10-12-22)21-18(20(24)25)14-26-13-15-5-2-1-3-6-15/h1-3,5-6,16-18,21H,4,7-14H2,(H,24,25)/t18-/m0/s1. The minimum Gasteiger partial charge on any atom is -0.480 e. The summed E-state index contributed by atoms with van der Waals surface area (Å²) in [5.74, 6) is -0.376. The molecule has 1 aromatic carbocycles. The van der Waals surface area contributed by atoms with Gasteiger partial charge >= 0.3 is 5.97 Å². The van der Waals surface area contributed by atoms with Crippen molar-refractivity contribution >= 4 is 11.9 Å². The molecular formula is C20H28N2O4. The first-order chi connectivity index (χ1) is 12.6. The first-order valence-electron chi connectivity index (χ1n) is 9.53. The number of nitrogens with zero attached hydrogens (tertiary/aromatic N) is 1. The number of rotatable bonds is 8. The molecule has 2 fully saturated rings. The largest absolute Gasteiger partial charge is 0.480 e. The van der Waals surface area contributed by atoms with Crippen molar-refractivity contribution in [1.82, 2.24) is 10.2 Å². The van der Waals surface area contributed by atoms with E-state index >= 15 is 0 Å².